The van der Waals surface area contributed by atoms with Crippen LogP contribution in [0.25, 0.3) is 6.08 Å². The van der Waals surface area contributed by atoms with Gasteiger partial charge in [0.15, 0.2) is 5.11 Å². The van der Waals surface area contributed by atoms with Gasteiger partial charge in [0.2, 0.25) is 0 Å². The van der Waals surface area contributed by atoms with Crippen molar-refractivity contribution in [2.75, 3.05) is 6.54 Å². The van der Waals surface area contributed by atoms with Crippen molar-refractivity contribution in [2.24, 2.45) is 0 Å². The summed E-state index contributed by atoms with van der Waals surface area (Å²) >= 11 is 5.23. The van der Waals surface area contributed by atoms with E-state index < -0.39 is 0 Å². The highest BCUT2D eigenvalue weighted by molar-refractivity contribution is 7.80. The summed E-state index contributed by atoms with van der Waals surface area (Å²) in [7, 11) is 0. The van der Waals surface area contributed by atoms with Gasteiger partial charge in [0.1, 0.15) is 5.70 Å². The molecule has 0 unspecified atom stereocenters. The lowest BCUT2D eigenvalue weighted by Crippen LogP contribution is -2.31. The normalized spacial score (nSPS) is 17.0. The number of hydrogen-bond acceptors (Lipinski definition) is 2. The van der Waals surface area contributed by atoms with Gasteiger partial charge in [0, 0.05) is 6.54 Å². The highest BCUT2D eigenvalue weighted by Gasteiger charge is 2.29. The molecule has 0 aliphatic carbocycles. The number of rotatable bonds is 5. The Morgan fingerprint density at radius 2 is 1.95 bits per heavy atom. The molecule has 4 heteroatoms. The molecule has 0 aromatic heterocycles. The molecule has 1 aliphatic heterocycles. The molecule has 2 rings (SSSR count). The highest BCUT2D eigenvalue weighted by Crippen LogP contribution is 2.18. The Bertz CT molecular complexity index is 561. The van der Waals surface area contributed by atoms with Crippen molar-refractivity contribution in [1.82, 2.24) is 10.2 Å². The van der Waals surface area contributed by atoms with Crippen LogP contribution < -0.4 is 5.32 Å². The Morgan fingerprint density at radius 1 is 1.29 bits per heavy atom. The van der Waals surface area contributed by atoms with Gasteiger partial charge in [-0.15, -0.1) is 0 Å². The van der Waals surface area contributed by atoms with Crippen molar-refractivity contribution in [3.8, 4) is 0 Å². The Balaban J connectivity index is 2.14. The fourth-order valence-electron chi connectivity index (χ4n) is 2.23. The lowest BCUT2D eigenvalue weighted by molar-refractivity contribution is -0.122. The lowest BCUT2D eigenvalue weighted by atomic mass is 10.0. The second-order valence-corrected chi connectivity index (χ2v) is 6.01. The van der Waals surface area contributed by atoms with E-state index in [1.807, 2.05) is 18.2 Å². The summed E-state index contributed by atoms with van der Waals surface area (Å²) in [5.41, 5.74) is 2.87. The largest absolute Gasteiger partial charge is 0.328 e. The quantitative estimate of drug-likeness (QED) is 0.665. The van der Waals surface area contributed by atoms with Crippen LogP contribution in [0.1, 0.15) is 50.7 Å². The van der Waals surface area contributed by atoms with Crippen molar-refractivity contribution >= 4 is 29.3 Å². The molecule has 0 radical (unpaired) electrons. The van der Waals surface area contributed by atoms with Crippen molar-refractivity contribution < 1.29 is 4.79 Å². The average molecular weight is 302 g/mol. The van der Waals surface area contributed by atoms with Gasteiger partial charge in [0.05, 0.1) is 0 Å². The van der Waals surface area contributed by atoms with Gasteiger partial charge in [-0.05, 0) is 41.8 Å². The van der Waals surface area contributed by atoms with E-state index in [1.54, 1.807) is 4.90 Å². The van der Waals surface area contributed by atoms with Crippen LogP contribution >= 0.6 is 12.2 Å². The number of amides is 1. The summed E-state index contributed by atoms with van der Waals surface area (Å²) < 4.78 is 0. The van der Waals surface area contributed by atoms with E-state index in [-0.39, 0.29) is 5.91 Å². The average Bonchev–Trinajstić information content (AvgIpc) is 2.72. The fraction of sp³-hybridized carbons (Fsp3) is 0.412. The summed E-state index contributed by atoms with van der Waals surface area (Å²) in [6, 6.07) is 8.28. The molecular formula is C17H22N2OS. The summed E-state index contributed by atoms with van der Waals surface area (Å²) in [5.74, 6) is 0.483. The van der Waals surface area contributed by atoms with Crippen LogP contribution in [0.5, 0.6) is 0 Å². The van der Waals surface area contributed by atoms with Crippen LogP contribution in [-0.4, -0.2) is 22.5 Å². The van der Waals surface area contributed by atoms with Gasteiger partial charge in [0.25, 0.3) is 5.91 Å². The summed E-state index contributed by atoms with van der Waals surface area (Å²) in [4.78, 5) is 14.0. The van der Waals surface area contributed by atoms with Crippen LogP contribution in [0.3, 0.4) is 0 Å². The molecular weight excluding hydrogens is 280 g/mol. The smallest absolute Gasteiger partial charge is 0.276 e. The third-order valence-electron chi connectivity index (χ3n) is 3.61. The molecule has 0 saturated carbocycles. The predicted molar refractivity (Wildman–Crippen MR) is 90.9 cm³/mol. The van der Waals surface area contributed by atoms with E-state index in [4.69, 9.17) is 12.2 Å². The molecule has 1 fully saturated rings. The first kappa shape index (κ1) is 15.7. The molecule has 0 bridgehead atoms. The van der Waals surface area contributed by atoms with Crippen LogP contribution in [0.2, 0.25) is 0 Å². The number of carbonyl (C=O) groups is 1. The summed E-state index contributed by atoms with van der Waals surface area (Å²) in [5, 5.41) is 3.53. The molecule has 1 amide bonds. The minimum Gasteiger partial charge on any atom is -0.328 e. The lowest BCUT2D eigenvalue weighted by Gasteiger charge is -2.12. The van der Waals surface area contributed by atoms with Crippen molar-refractivity contribution in [3.05, 3.63) is 41.1 Å². The zero-order valence-electron chi connectivity index (χ0n) is 12.8. The van der Waals surface area contributed by atoms with E-state index >= 15 is 0 Å². The number of nitrogens with one attached hydrogen (secondary N) is 1. The van der Waals surface area contributed by atoms with Crippen LogP contribution in [0.4, 0.5) is 0 Å². The highest BCUT2D eigenvalue weighted by atomic mass is 32.1. The molecule has 1 heterocycles. The monoisotopic (exact) mass is 302 g/mol. The number of thiocarbonyl (C=S) groups is 1. The molecule has 1 N–H and O–H groups in total. The van der Waals surface area contributed by atoms with Gasteiger partial charge >= 0.3 is 0 Å². The molecule has 21 heavy (non-hydrogen) atoms. The first-order valence-corrected chi connectivity index (χ1v) is 7.88. The zero-order valence-corrected chi connectivity index (χ0v) is 13.7. The third-order valence-corrected chi connectivity index (χ3v) is 3.93. The zero-order chi connectivity index (χ0) is 15.4. The topological polar surface area (TPSA) is 32.3 Å². The van der Waals surface area contributed by atoms with Crippen LogP contribution in [0, 0.1) is 0 Å². The molecule has 0 atom stereocenters. The first-order valence-electron chi connectivity index (χ1n) is 7.47. The Hall–Kier alpha value is -1.68. The third kappa shape index (κ3) is 3.70. The van der Waals surface area contributed by atoms with E-state index in [9.17, 15) is 4.79 Å². The number of benzene rings is 1. The van der Waals surface area contributed by atoms with E-state index in [2.05, 4.69) is 38.2 Å². The molecule has 1 saturated heterocycles. The Morgan fingerprint density at radius 3 is 2.52 bits per heavy atom. The van der Waals surface area contributed by atoms with E-state index in [1.165, 1.54) is 5.56 Å². The van der Waals surface area contributed by atoms with Gasteiger partial charge < -0.3 is 5.32 Å². The summed E-state index contributed by atoms with van der Waals surface area (Å²) in [6.07, 6.45) is 3.87. The van der Waals surface area contributed by atoms with Crippen molar-refractivity contribution in [1.29, 1.82) is 0 Å². The Kier molecular flexibility index (Phi) is 5.12. The van der Waals surface area contributed by atoms with E-state index in [0.29, 0.717) is 23.3 Å². The van der Waals surface area contributed by atoms with Crippen molar-refractivity contribution in [3.63, 3.8) is 0 Å². The standard InChI is InChI=1S/C17H22N2OS/c1-4-5-10-19-16(20)15(18-17(19)21)11-13-6-8-14(9-7-13)12(2)3/h6-9,11-12H,4-5,10H2,1-3H3,(H,18,21)/b15-11+. The molecule has 0 spiro atoms. The number of hydrogen-bond donors (Lipinski definition) is 1. The van der Waals surface area contributed by atoms with Crippen molar-refractivity contribution in [2.45, 2.75) is 39.5 Å². The second kappa shape index (κ2) is 6.85. The summed E-state index contributed by atoms with van der Waals surface area (Å²) in [6.45, 7) is 7.12. The minimum atomic E-state index is -0.0265. The molecule has 1 aromatic carbocycles. The molecule has 3 nitrogen and oxygen atoms in total. The maximum Gasteiger partial charge on any atom is 0.276 e. The van der Waals surface area contributed by atoms with Gasteiger partial charge in [-0.1, -0.05) is 51.5 Å². The van der Waals surface area contributed by atoms with E-state index in [0.717, 1.165) is 18.4 Å². The minimum absolute atomic E-state index is 0.0265. The number of unbranched alkanes of at least 4 members (excludes halogenated alkanes) is 1. The number of nitrogens with zero attached hydrogens (tertiary/aromatic N) is 1. The van der Waals surface area contributed by atoms with Crippen LogP contribution in [0.15, 0.2) is 30.0 Å². The van der Waals surface area contributed by atoms with Crippen LogP contribution in [-0.2, 0) is 4.79 Å². The SMILES string of the molecule is CCCCN1C(=O)/C(=C\c2ccc(C(C)C)cc2)NC1=S. The predicted octanol–water partition coefficient (Wildman–Crippen LogP) is 3.67. The first-order chi connectivity index (χ1) is 10.0. The Labute approximate surface area is 132 Å². The number of carbonyl (C=O) groups excluding carboxylic acids is 1. The van der Waals surface area contributed by atoms with Gasteiger partial charge in [-0.3, -0.25) is 9.69 Å². The van der Waals surface area contributed by atoms with Gasteiger partial charge in [-0.25, -0.2) is 0 Å². The van der Waals surface area contributed by atoms with Gasteiger partial charge in [-0.2, -0.15) is 0 Å². The maximum atomic E-state index is 12.3. The molecule has 112 valence electrons. The second-order valence-electron chi connectivity index (χ2n) is 5.62. The maximum absolute atomic E-state index is 12.3. The molecule has 1 aliphatic rings. The molecule has 1 aromatic rings. The fourth-order valence-corrected chi connectivity index (χ4v) is 2.52.